The molecule has 0 aliphatic carbocycles. The Hall–Kier alpha value is -2.77. The quantitative estimate of drug-likeness (QED) is 0.749. The number of rotatable bonds is 4. The van der Waals surface area contributed by atoms with Gasteiger partial charge in [-0.15, -0.1) is 11.3 Å². The molecule has 1 N–H and O–H groups in total. The van der Waals surface area contributed by atoms with E-state index in [1.54, 1.807) is 6.20 Å². The van der Waals surface area contributed by atoms with Gasteiger partial charge in [0.05, 0.1) is 35.8 Å². The van der Waals surface area contributed by atoms with Gasteiger partial charge in [0.25, 0.3) is 5.91 Å². The number of nitrogens with one attached hydrogen (secondary N) is 1. The zero-order chi connectivity index (χ0) is 18.6. The van der Waals surface area contributed by atoms with Crippen molar-refractivity contribution in [3.05, 3.63) is 58.5 Å². The fourth-order valence-electron chi connectivity index (χ4n) is 3.00. The number of morpholine rings is 1. The summed E-state index contributed by atoms with van der Waals surface area (Å²) in [5.74, 6) is 0.732. The van der Waals surface area contributed by atoms with Crippen LogP contribution in [0.25, 0.3) is 11.3 Å². The largest absolute Gasteiger partial charge is 0.378 e. The summed E-state index contributed by atoms with van der Waals surface area (Å²) < 4.78 is 5.36. The van der Waals surface area contributed by atoms with Crippen LogP contribution in [0.15, 0.2) is 48.7 Å². The van der Waals surface area contributed by atoms with E-state index < -0.39 is 0 Å². The topological polar surface area (TPSA) is 67.4 Å². The van der Waals surface area contributed by atoms with Gasteiger partial charge in [-0.3, -0.25) is 4.79 Å². The number of carbonyl (C=O) groups is 1. The molecule has 1 saturated heterocycles. The maximum absolute atomic E-state index is 12.8. The standard InChI is InChI=1S/C20H20N4O2S/c1-14-22-18(15-5-3-2-4-6-15)19(27-14)20(25)23-16-7-8-17(21-13-16)24-9-11-26-12-10-24/h2-8,13H,9-12H2,1H3,(H,23,25). The van der Waals surface area contributed by atoms with Crippen LogP contribution < -0.4 is 10.2 Å². The lowest BCUT2D eigenvalue weighted by Crippen LogP contribution is -2.36. The fraction of sp³-hybridized carbons (Fsp3) is 0.250. The fourth-order valence-corrected chi connectivity index (χ4v) is 3.84. The number of carbonyl (C=O) groups excluding carboxylic acids is 1. The predicted octanol–water partition coefficient (Wildman–Crippen LogP) is 3.60. The van der Waals surface area contributed by atoms with E-state index in [1.165, 1.54) is 11.3 Å². The summed E-state index contributed by atoms with van der Waals surface area (Å²) in [6.07, 6.45) is 1.69. The molecule has 0 unspecified atom stereocenters. The van der Waals surface area contributed by atoms with Gasteiger partial charge in [-0.2, -0.15) is 0 Å². The first-order valence-electron chi connectivity index (χ1n) is 8.83. The van der Waals surface area contributed by atoms with E-state index in [2.05, 4.69) is 20.2 Å². The molecule has 0 atom stereocenters. The predicted molar refractivity (Wildman–Crippen MR) is 108 cm³/mol. The highest BCUT2D eigenvalue weighted by Crippen LogP contribution is 2.28. The first-order chi connectivity index (χ1) is 13.2. The smallest absolute Gasteiger partial charge is 0.268 e. The van der Waals surface area contributed by atoms with E-state index in [1.807, 2.05) is 49.4 Å². The van der Waals surface area contributed by atoms with E-state index in [0.717, 1.165) is 29.5 Å². The third kappa shape index (κ3) is 3.99. The van der Waals surface area contributed by atoms with Gasteiger partial charge in [-0.05, 0) is 19.1 Å². The number of nitrogens with zero attached hydrogens (tertiary/aromatic N) is 3. The number of ether oxygens (including phenoxy) is 1. The molecule has 1 amide bonds. The summed E-state index contributed by atoms with van der Waals surface area (Å²) in [7, 11) is 0. The Morgan fingerprint density at radius 2 is 1.93 bits per heavy atom. The highest BCUT2D eigenvalue weighted by Gasteiger charge is 2.19. The summed E-state index contributed by atoms with van der Waals surface area (Å²) in [5, 5.41) is 3.80. The van der Waals surface area contributed by atoms with Crippen molar-refractivity contribution in [3.8, 4) is 11.3 Å². The van der Waals surface area contributed by atoms with Crippen LogP contribution in [0.5, 0.6) is 0 Å². The second-order valence-corrected chi connectivity index (χ2v) is 7.44. The zero-order valence-corrected chi connectivity index (χ0v) is 15.8. The van der Waals surface area contributed by atoms with Gasteiger partial charge in [0.2, 0.25) is 0 Å². The molecule has 1 aliphatic heterocycles. The lowest BCUT2D eigenvalue weighted by atomic mass is 10.1. The summed E-state index contributed by atoms with van der Waals surface area (Å²) in [6, 6.07) is 13.6. The number of aromatic nitrogens is 2. The van der Waals surface area contributed by atoms with E-state index in [4.69, 9.17) is 4.74 Å². The van der Waals surface area contributed by atoms with Crippen LogP contribution in [0.4, 0.5) is 11.5 Å². The van der Waals surface area contributed by atoms with Gasteiger partial charge in [0, 0.05) is 18.7 Å². The molecule has 0 bridgehead atoms. The van der Waals surface area contributed by atoms with E-state index >= 15 is 0 Å². The van der Waals surface area contributed by atoms with Gasteiger partial charge in [0.15, 0.2) is 0 Å². The van der Waals surface area contributed by atoms with Crippen molar-refractivity contribution >= 4 is 28.7 Å². The molecule has 0 saturated carbocycles. The van der Waals surface area contributed by atoms with Crippen molar-refractivity contribution in [3.63, 3.8) is 0 Å². The van der Waals surface area contributed by atoms with Crippen LogP contribution >= 0.6 is 11.3 Å². The van der Waals surface area contributed by atoms with Gasteiger partial charge in [0.1, 0.15) is 10.7 Å². The number of hydrogen-bond donors (Lipinski definition) is 1. The van der Waals surface area contributed by atoms with E-state index in [0.29, 0.717) is 29.5 Å². The van der Waals surface area contributed by atoms with Crippen molar-refractivity contribution in [1.82, 2.24) is 9.97 Å². The number of amides is 1. The van der Waals surface area contributed by atoms with Crippen molar-refractivity contribution < 1.29 is 9.53 Å². The van der Waals surface area contributed by atoms with Crippen LogP contribution in [0.1, 0.15) is 14.7 Å². The van der Waals surface area contributed by atoms with E-state index in [-0.39, 0.29) is 5.91 Å². The van der Waals surface area contributed by atoms with Gasteiger partial charge >= 0.3 is 0 Å². The maximum atomic E-state index is 12.8. The van der Waals surface area contributed by atoms with Crippen LogP contribution in [0, 0.1) is 6.92 Å². The molecule has 6 nitrogen and oxygen atoms in total. The van der Waals surface area contributed by atoms with Gasteiger partial charge in [-0.25, -0.2) is 9.97 Å². The minimum atomic E-state index is -0.166. The lowest BCUT2D eigenvalue weighted by molar-refractivity contribution is 0.103. The Morgan fingerprint density at radius 3 is 2.63 bits per heavy atom. The molecule has 27 heavy (non-hydrogen) atoms. The zero-order valence-electron chi connectivity index (χ0n) is 15.0. The van der Waals surface area contributed by atoms with E-state index in [9.17, 15) is 4.79 Å². The Balaban J connectivity index is 1.51. The van der Waals surface area contributed by atoms with Crippen molar-refractivity contribution in [2.75, 3.05) is 36.5 Å². The Kier molecular flexibility index (Phi) is 5.13. The summed E-state index contributed by atoms with van der Waals surface area (Å²) in [4.78, 5) is 24.6. The minimum Gasteiger partial charge on any atom is -0.378 e. The Morgan fingerprint density at radius 1 is 1.15 bits per heavy atom. The molecule has 7 heteroatoms. The molecule has 3 heterocycles. The maximum Gasteiger partial charge on any atom is 0.268 e. The molecule has 4 rings (SSSR count). The number of aryl methyl sites for hydroxylation is 1. The number of benzene rings is 1. The van der Waals surface area contributed by atoms with Crippen molar-refractivity contribution in [2.24, 2.45) is 0 Å². The molecule has 3 aromatic rings. The average Bonchev–Trinajstić information content (AvgIpc) is 3.12. The SMILES string of the molecule is Cc1nc(-c2ccccc2)c(C(=O)Nc2ccc(N3CCOCC3)nc2)s1. The highest BCUT2D eigenvalue weighted by atomic mass is 32.1. The number of pyridine rings is 1. The number of thiazole rings is 1. The monoisotopic (exact) mass is 380 g/mol. The number of hydrogen-bond acceptors (Lipinski definition) is 6. The lowest BCUT2D eigenvalue weighted by Gasteiger charge is -2.27. The Bertz CT molecular complexity index is 919. The van der Waals surface area contributed by atoms with Gasteiger partial charge < -0.3 is 15.0 Å². The van der Waals surface area contributed by atoms with Crippen LogP contribution in [0.3, 0.4) is 0 Å². The third-order valence-electron chi connectivity index (χ3n) is 4.33. The first kappa shape index (κ1) is 17.6. The summed E-state index contributed by atoms with van der Waals surface area (Å²) >= 11 is 1.40. The van der Waals surface area contributed by atoms with Crippen LogP contribution in [-0.2, 0) is 4.74 Å². The Labute approximate surface area is 161 Å². The van der Waals surface area contributed by atoms with Crippen LogP contribution in [-0.4, -0.2) is 42.2 Å². The molecular formula is C20H20N4O2S. The van der Waals surface area contributed by atoms with Crippen LogP contribution in [0.2, 0.25) is 0 Å². The van der Waals surface area contributed by atoms with Gasteiger partial charge in [-0.1, -0.05) is 30.3 Å². The number of anilines is 2. The molecule has 2 aromatic heterocycles. The summed E-state index contributed by atoms with van der Waals surface area (Å²) in [5.41, 5.74) is 2.32. The third-order valence-corrected chi connectivity index (χ3v) is 5.30. The summed E-state index contributed by atoms with van der Waals surface area (Å²) in [6.45, 7) is 5.01. The molecule has 0 spiro atoms. The molecule has 1 aromatic carbocycles. The highest BCUT2D eigenvalue weighted by molar-refractivity contribution is 7.14. The normalized spacial score (nSPS) is 14.2. The molecule has 0 radical (unpaired) electrons. The van der Waals surface area contributed by atoms with Crippen molar-refractivity contribution in [2.45, 2.75) is 6.92 Å². The molecular weight excluding hydrogens is 360 g/mol. The first-order valence-corrected chi connectivity index (χ1v) is 9.65. The van der Waals surface area contributed by atoms with Crippen molar-refractivity contribution in [1.29, 1.82) is 0 Å². The second-order valence-electron chi connectivity index (χ2n) is 6.24. The molecule has 1 aliphatic rings. The second kappa shape index (κ2) is 7.85. The average molecular weight is 380 g/mol. The molecule has 1 fully saturated rings. The minimum absolute atomic E-state index is 0.166. The molecule has 138 valence electrons.